The van der Waals surface area contributed by atoms with E-state index in [2.05, 4.69) is 19.2 Å². The summed E-state index contributed by atoms with van der Waals surface area (Å²) in [5, 5.41) is 12.3. The maximum absolute atomic E-state index is 12.5. The van der Waals surface area contributed by atoms with Crippen LogP contribution in [-0.2, 0) is 11.2 Å². The number of carbonyl (C=O) groups is 2. The number of benzene rings is 1. The lowest BCUT2D eigenvalue weighted by molar-refractivity contribution is -0.138. The number of amides is 2. The fourth-order valence-corrected chi connectivity index (χ4v) is 2.88. The van der Waals surface area contributed by atoms with Crippen LogP contribution < -0.4 is 10.2 Å². The first-order valence-electron chi connectivity index (χ1n) is 7.30. The number of carbonyl (C=O) groups excluding carboxylic acids is 1. The van der Waals surface area contributed by atoms with Gasteiger partial charge in [-0.1, -0.05) is 32.0 Å². The summed E-state index contributed by atoms with van der Waals surface area (Å²) >= 11 is 0. The molecule has 2 amide bonds. The van der Waals surface area contributed by atoms with Crippen LogP contribution in [0.1, 0.15) is 32.8 Å². The maximum atomic E-state index is 12.5. The average Bonchev–Trinajstić information content (AvgIpc) is 2.76. The fourth-order valence-electron chi connectivity index (χ4n) is 2.88. The highest BCUT2D eigenvalue weighted by atomic mass is 16.4. The fraction of sp³-hybridized carbons (Fsp3) is 0.500. The van der Waals surface area contributed by atoms with Crippen molar-refractivity contribution in [2.45, 2.75) is 45.7 Å². The van der Waals surface area contributed by atoms with E-state index in [-0.39, 0.29) is 12.1 Å². The van der Waals surface area contributed by atoms with E-state index in [0.29, 0.717) is 18.0 Å². The van der Waals surface area contributed by atoms with Gasteiger partial charge < -0.3 is 10.4 Å². The second kappa shape index (κ2) is 6.16. The highest BCUT2D eigenvalue weighted by Crippen LogP contribution is 2.32. The summed E-state index contributed by atoms with van der Waals surface area (Å²) in [6.45, 7) is 6.12. The number of aliphatic carboxylic acids is 1. The van der Waals surface area contributed by atoms with Crippen molar-refractivity contribution in [3.8, 4) is 0 Å². The molecule has 0 aliphatic carbocycles. The highest BCUT2D eigenvalue weighted by molar-refractivity contribution is 6.01. The minimum Gasteiger partial charge on any atom is -0.480 e. The first-order valence-corrected chi connectivity index (χ1v) is 7.30. The van der Waals surface area contributed by atoms with Gasteiger partial charge in [0.15, 0.2) is 0 Å². The molecule has 0 spiro atoms. The van der Waals surface area contributed by atoms with Gasteiger partial charge in [0, 0.05) is 18.2 Å². The lowest BCUT2D eigenvalue weighted by Gasteiger charge is -2.25. The normalized spacial score (nSPS) is 18.5. The Bertz CT molecular complexity index is 542. The molecule has 1 heterocycles. The largest absolute Gasteiger partial charge is 0.480 e. The molecule has 5 nitrogen and oxygen atoms in total. The van der Waals surface area contributed by atoms with E-state index in [1.165, 1.54) is 4.90 Å². The number of urea groups is 1. The molecule has 2 rings (SSSR count). The third kappa shape index (κ3) is 3.35. The van der Waals surface area contributed by atoms with Gasteiger partial charge in [-0.2, -0.15) is 0 Å². The lowest BCUT2D eigenvalue weighted by atomic mass is 10.1. The van der Waals surface area contributed by atoms with Gasteiger partial charge in [0.1, 0.15) is 6.04 Å². The first-order chi connectivity index (χ1) is 9.90. The Kier molecular flexibility index (Phi) is 4.50. The van der Waals surface area contributed by atoms with E-state index in [1.807, 2.05) is 25.1 Å². The number of carboxylic acid groups (broad SMARTS) is 1. The predicted octanol–water partition coefficient (Wildman–Crippen LogP) is 2.65. The van der Waals surface area contributed by atoms with Gasteiger partial charge in [0.2, 0.25) is 0 Å². The quantitative estimate of drug-likeness (QED) is 0.895. The number of carboxylic acids is 1. The van der Waals surface area contributed by atoms with Crippen LogP contribution in [0.25, 0.3) is 0 Å². The minimum absolute atomic E-state index is 0.0136. The smallest absolute Gasteiger partial charge is 0.327 e. The zero-order chi connectivity index (χ0) is 15.6. The van der Waals surface area contributed by atoms with Crippen molar-refractivity contribution in [1.82, 2.24) is 5.32 Å². The highest BCUT2D eigenvalue weighted by Gasteiger charge is 2.38. The summed E-state index contributed by atoms with van der Waals surface area (Å²) in [5.41, 5.74) is 1.59. The number of rotatable bonds is 4. The van der Waals surface area contributed by atoms with E-state index in [1.54, 1.807) is 6.07 Å². The third-order valence-corrected chi connectivity index (χ3v) is 3.67. The molecule has 0 fully saturated rings. The first kappa shape index (κ1) is 15.4. The third-order valence-electron chi connectivity index (χ3n) is 3.67. The van der Waals surface area contributed by atoms with Crippen LogP contribution >= 0.6 is 0 Å². The molecule has 5 heteroatoms. The monoisotopic (exact) mass is 290 g/mol. The molecular weight excluding hydrogens is 268 g/mol. The number of para-hydroxylation sites is 1. The van der Waals surface area contributed by atoms with Crippen molar-refractivity contribution in [2.75, 3.05) is 4.90 Å². The molecule has 21 heavy (non-hydrogen) atoms. The van der Waals surface area contributed by atoms with Crippen LogP contribution in [0.4, 0.5) is 10.5 Å². The molecular formula is C16H22N2O3. The van der Waals surface area contributed by atoms with E-state index in [0.717, 1.165) is 12.0 Å². The van der Waals surface area contributed by atoms with Crippen LogP contribution in [0.3, 0.4) is 0 Å². The summed E-state index contributed by atoms with van der Waals surface area (Å²) in [6, 6.07) is 6.21. The van der Waals surface area contributed by atoms with E-state index >= 15 is 0 Å². The molecule has 1 aromatic rings. The Balaban J connectivity index is 2.18. The Morgan fingerprint density at radius 2 is 2.00 bits per heavy atom. The van der Waals surface area contributed by atoms with Crippen LogP contribution in [0, 0.1) is 5.92 Å². The number of hydrogen-bond donors (Lipinski definition) is 2. The Morgan fingerprint density at radius 3 is 2.62 bits per heavy atom. The molecule has 1 aliphatic rings. The van der Waals surface area contributed by atoms with Crippen molar-refractivity contribution < 1.29 is 14.7 Å². The summed E-state index contributed by atoms with van der Waals surface area (Å²) in [4.78, 5) is 25.3. The second-order valence-corrected chi connectivity index (χ2v) is 6.04. The predicted molar refractivity (Wildman–Crippen MR) is 81.5 cm³/mol. The average molecular weight is 290 g/mol. The van der Waals surface area contributed by atoms with Crippen molar-refractivity contribution >= 4 is 17.7 Å². The zero-order valence-corrected chi connectivity index (χ0v) is 12.7. The standard InChI is InChI=1S/C16H22N2O3/c1-10(2)8-11(3)17-16(21)18-13-7-5-4-6-12(13)9-14(18)15(19)20/h4-7,10-11,14H,8-9H2,1-3H3,(H,17,21)(H,19,20). The number of anilines is 1. The van der Waals surface area contributed by atoms with E-state index in [4.69, 9.17) is 0 Å². The van der Waals surface area contributed by atoms with Crippen molar-refractivity contribution in [3.63, 3.8) is 0 Å². The van der Waals surface area contributed by atoms with Crippen molar-refractivity contribution in [2.24, 2.45) is 5.92 Å². The van der Waals surface area contributed by atoms with Crippen LogP contribution in [-0.4, -0.2) is 29.2 Å². The number of hydrogen-bond acceptors (Lipinski definition) is 2. The summed E-state index contributed by atoms with van der Waals surface area (Å²) in [6.07, 6.45) is 1.22. The Labute approximate surface area is 125 Å². The molecule has 0 saturated carbocycles. The van der Waals surface area contributed by atoms with E-state index in [9.17, 15) is 14.7 Å². The van der Waals surface area contributed by atoms with Gasteiger partial charge in [0.05, 0.1) is 0 Å². The second-order valence-electron chi connectivity index (χ2n) is 6.04. The molecule has 1 aliphatic heterocycles. The van der Waals surface area contributed by atoms with Crippen molar-refractivity contribution in [1.29, 1.82) is 0 Å². The summed E-state index contributed by atoms with van der Waals surface area (Å²) < 4.78 is 0. The Hall–Kier alpha value is -2.04. The molecule has 2 atom stereocenters. The summed E-state index contributed by atoms with van der Waals surface area (Å²) in [7, 11) is 0. The SMILES string of the molecule is CC(C)CC(C)NC(=O)N1c2ccccc2CC1C(=O)O. The molecule has 2 N–H and O–H groups in total. The van der Waals surface area contributed by atoms with Crippen LogP contribution in [0.2, 0.25) is 0 Å². The zero-order valence-electron chi connectivity index (χ0n) is 12.7. The van der Waals surface area contributed by atoms with E-state index < -0.39 is 12.0 Å². The molecule has 2 unspecified atom stereocenters. The van der Waals surface area contributed by atoms with Gasteiger partial charge in [-0.05, 0) is 30.9 Å². The topological polar surface area (TPSA) is 69.6 Å². The van der Waals surface area contributed by atoms with Gasteiger partial charge in [-0.15, -0.1) is 0 Å². The molecule has 0 aromatic heterocycles. The number of nitrogens with zero attached hydrogens (tertiary/aromatic N) is 1. The number of fused-ring (bicyclic) bond motifs is 1. The van der Waals surface area contributed by atoms with Gasteiger partial charge >= 0.3 is 12.0 Å². The van der Waals surface area contributed by atoms with Gasteiger partial charge in [-0.3, -0.25) is 4.90 Å². The molecule has 1 aromatic carbocycles. The molecule has 0 bridgehead atoms. The van der Waals surface area contributed by atoms with Crippen LogP contribution in [0.5, 0.6) is 0 Å². The summed E-state index contributed by atoms with van der Waals surface area (Å²) in [5.74, 6) is -0.501. The molecule has 114 valence electrons. The lowest BCUT2D eigenvalue weighted by Crippen LogP contribution is -2.50. The van der Waals surface area contributed by atoms with Crippen LogP contribution in [0.15, 0.2) is 24.3 Å². The Morgan fingerprint density at radius 1 is 1.33 bits per heavy atom. The van der Waals surface area contributed by atoms with Gasteiger partial charge in [-0.25, -0.2) is 9.59 Å². The molecule has 0 radical (unpaired) electrons. The number of nitrogens with one attached hydrogen (secondary N) is 1. The van der Waals surface area contributed by atoms with Gasteiger partial charge in [0.25, 0.3) is 0 Å². The van der Waals surface area contributed by atoms with Crippen molar-refractivity contribution in [3.05, 3.63) is 29.8 Å². The molecule has 0 saturated heterocycles. The minimum atomic E-state index is -0.974. The maximum Gasteiger partial charge on any atom is 0.327 e.